The average molecular weight is 316 g/mol. The molecule has 0 radical (unpaired) electrons. The molecule has 2 heterocycles. The Morgan fingerprint density at radius 2 is 1.12 bits per heavy atom. The molecule has 0 saturated carbocycles. The zero-order chi connectivity index (χ0) is 16.2. The maximum Gasteiger partial charge on any atom is 0.120 e. The normalized spacial score (nSPS) is 14.6. The van der Waals surface area contributed by atoms with Crippen LogP contribution in [0.4, 0.5) is 5.69 Å². The van der Waals surface area contributed by atoms with E-state index in [4.69, 9.17) is 0 Å². The first-order valence-corrected chi connectivity index (χ1v) is 8.52. The molecule has 4 nitrogen and oxygen atoms in total. The molecule has 0 amide bonds. The smallest absolute Gasteiger partial charge is 0.120 e. The molecule has 4 rings (SSSR count). The minimum absolute atomic E-state index is 0.923. The summed E-state index contributed by atoms with van der Waals surface area (Å²) >= 11 is 0. The Morgan fingerprint density at radius 3 is 1.62 bits per heavy atom. The van der Waals surface area contributed by atoms with Crippen LogP contribution in [0, 0.1) is 0 Å². The van der Waals surface area contributed by atoms with E-state index in [1.807, 2.05) is 36.4 Å². The van der Waals surface area contributed by atoms with Crippen molar-refractivity contribution < 1.29 is 0 Å². The monoisotopic (exact) mass is 316 g/mol. The molecule has 3 aromatic rings. The summed E-state index contributed by atoms with van der Waals surface area (Å²) in [5.41, 5.74) is 5.13. The van der Waals surface area contributed by atoms with Gasteiger partial charge in [-0.3, -0.25) is 0 Å². The summed E-state index contributed by atoms with van der Waals surface area (Å²) in [7, 11) is 0. The Bertz CT molecular complexity index is 739. The third kappa shape index (κ3) is 2.87. The van der Waals surface area contributed by atoms with E-state index in [0.29, 0.717) is 0 Å². The Kier molecular flexibility index (Phi) is 4.19. The van der Waals surface area contributed by atoms with Crippen LogP contribution in [-0.2, 0) is 0 Å². The maximum absolute atomic E-state index is 4.41. The fraction of sp³-hybridized carbons (Fsp3) is 0.250. The highest BCUT2D eigenvalue weighted by Gasteiger charge is 2.22. The molecule has 1 saturated heterocycles. The fourth-order valence-corrected chi connectivity index (χ4v) is 3.32. The second-order valence-electron chi connectivity index (χ2n) is 6.12. The van der Waals surface area contributed by atoms with Gasteiger partial charge in [0.25, 0.3) is 0 Å². The molecule has 24 heavy (non-hydrogen) atoms. The van der Waals surface area contributed by atoms with E-state index in [1.54, 1.807) is 0 Å². The number of hydrogen-bond acceptors (Lipinski definition) is 4. The van der Waals surface area contributed by atoms with E-state index in [9.17, 15) is 0 Å². The van der Waals surface area contributed by atoms with Gasteiger partial charge in [0.15, 0.2) is 0 Å². The molecule has 0 aliphatic carbocycles. The number of aromatic nitrogens is 3. The first-order chi connectivity index (χ1) is 11.9. The molecule has 1 aliphatic rings. The molecule has 0 spiro atoms. The minimum Gasteiger partial charge on any atom is -0.368 e. The van der Waals surface area contributed by atoms with Gasteiger partial charge in [0.05, 0.1) is 5.69 Å². The second-order valence-corrected chi connectivity index (χ2v) is 6.12. The summed E-state index contributed by atoms with van der Waals surface area (Å²) in [5.74, 6) is 0. The Balaban J connectivity index is 1.90. The van der Waals surface area contributed by atoms with Crippen molar-refractivity contribution in [1.82, 2.24) is 15.4 Å². The van der Waals surface area contributed by atoms with Crippen LogP contribution in [0.25, 0.3) is 22.5 Å². The van der Waals surface area contributed by atoms with Crippen LogP contribution in [0.5, 0.6) is 0 Å². The molecule has 2 aromatic carbocycles. The SMILES string of the molecule is c1ccc(-c2nnnc(-c3ccccc3)c2N2CCCCC2)cc1. The lowest BCUT2D eigenvalue weighted by atomic mass is 10.0. The van der Waals surface area contributed by atoms with Crippen LogP contribution in [0.2, 0.25) is 0 Å². The largest absolute Gasteiger partial charge is 0.368 e. The highest BCUT2D eigenvalue weighted by atomic mass is 15.3. The summed E-state index contributed by atoms with van der Waals surface area (Å²) in [4.78, 5) is 2.43. The third-order valence-electron chi connectivity index (χ3n) is 4.50. The van der Waals surface area contributed by atoms with E-state index in [-0.39, 0.29) is 0 Å². The average Bonchev–Trinajstić information content (AvgIpc) is 2.69. The van der Waals surface area contributed by atoms with Gasteiger partial charge in [0, 0.05) is 24.2 Å². The van der Waals surface area contributed by atoms with E-state index in [2.05, 4.69) is 44.6 Å². The summed E-state index contributed by atoms with van der Waals surface area (Å²) in [6, 6.07) is 20.6. The Labute approximate surface area is 142 Å². The molecular weight excluding hydrogens is 296 g/mol. The Hall–Kier alpha value is -2.75. The second kappa shape index (κ2) is 6.79. The van der Waals surface area contributed by atoms with Crippen molar-refractivity contribution in [1.29, 1.82) is 0 Å². The van der Waals surface area contributed by atoms with Gasteiger partial charge in [-0.25, -0.2) is 0 Å². The van der Waals surface area contributed by atoms with Gasteiger partial charge in [-0.05, 0) is 24.5 Å². The topological polar surface area (TPSA) is 41.9 Å². The number of hydrogen-bond donors (Lipinski definition) is 0. The number of benzene rings is 2. The maximum atomic E-state index is 4.41. The number of anilines is 1. The van der Waals surface area contributed by atoms with E-state index < -0.39 is 0 Å². The summed E-state index contributed by atoms with van der Waals surface area (Å²) in [5, 5.41) is 12.9. The van der Waals surface area contributed by atoms with Gasteiger partial charge in [-0.1, -0.05) is 60.7 Å². The zero-order valence-corrected chi connectivity index (χ0v) is 13.6. The first kappa shape index (κ1) is 14.8. The van der Waals surface area contributed by atoms with E-state index in [0.717, 1.165) is 41.3 Å². The molecule has 1 aromatic heterocycles. The lowest BCUT2D eigenvalue weighted by Crippen LogP contribution is -2.31. The molecule has 0 atom stereocenters. The summed E-state index contributed by atoms with van der Waals surface area (Å²) in [6.07, 6.45) is 3.72. The molecule has 1 fully saturated rings. The predicted molar refractivity (Wildman–Crippen MR) is 96.8 cm³/mol. The highest BCUT2D eigenvalue weighted by molar-refractivity contribution is 5.86. The molecule has 0 N–H and O–H groups in total. The molecule has 0 bridgehead atoms. The quantitative estimate of drug-likeness (QED) is 0.726. The molecule has 0 unspecified atom stereocenters. The zero-order valence-electron chi connectivity index (χ0n) is 13.6. The molecule has 4 heteroatoms. The van der Waals surface area contributed by atoms with Gasteiger partial charge in [0.1, 0.15) is 11.4 Å². The van der Waals surface area contributed by atoms with Crippen molar-refractivity contribution >= 4 is 5.69 Å². The molecule has 1 aliphatic heterocycles. The van der Waals surface area contributed by atoms with Crippen molar-refractivity contribution in [2.75, 3.05) is 18.0 Å². The predicted octanol–water partition coefficient (Wildman–Crippen LogP) is 4.20. The number of piperidine rings is 1. The van der Waals surface area contributed by atoms with E-state index in [1.165, 1.54) is 19.3 Å². The summed E-state index contributed by atoms with van der Waals surface area (Å²) < 4.78 is 0. The molecular formula is C20H20N4. The minimum atomic E-state index is 0.923. The van der Waals surface area contributed by atoms with Gasteiger partial charge in [0.2, 0.25) is 0 Å². The van der Waals surface area contributed by atoms with Crippen molar-refractivity contribution in [2.45, 2.75) is 19.3 Å². The lowest BCUT2D eigenvalue weighted by Gasteiger charge is -2.31. The van der Waals surface area contributed by atoms with Crippen LogP contribution in [0.3, 0.4) is 0 Å². The van der Waals surface area contributed by atoms with Crippen molar-refractivity contribution in [3.8, 4) is 22.5 Å². The fourth-order valence-electron chi connectivity index (χ4n) is 3.32. The van der Waals surface area contributed by atoms with Crippen LogP contribution >= 0.6 is 0 Å². The first-order valence-electron chi connectivity index (χ1n) is 8.52. The van der Waals surface area contributed by atoms with Crippen molar-refractivity contribution in [3.05, 3.63) is 60.7 Å². The van der Waals surface area contributed by atoms with Gasteiger partial charge >= 0.3 is 0 Å². The van der Waals surface area contributed by atoms with Gasteiger partial charge in [-0.15, -0.1) is 10.2 Å². The number of nitrogens with zero attached hydrogens (tertiary/aromatic N) is 4. The van der Waals surface area contributed by atoms with Crippen molar-refractivity contribution in [3.63, 3.8) is 0 Å². The van der Waals surface area contributed by atoms with Crippen LogP contribution < -0.4 is 4.90 Å². The van der Waals surface area contributed by atoms with Gasteiger partial charge in [-0.2, -0.15) is 0 Å². The van der Waals surface area contributed by atoms with Crippen LogP contribution in [-0.4, -0.2) is 28.5 Å². The standard InChI is InChI=1S/C20H20N4/c1-4-10-16(11-5-1)18-20(24-14-8-3-9-15-24)19(22-23-21-18)17-12-6-2-7-13-17/h1-2,4-7,10-13H,3,8-9,14-15H2. The Morgan fingerprint density at radius 1 is 0.625 bits per heavy atom. The van der Waals surface area contributed by atoms with Gasteiger partial charge < -0.3 is 4.90 Å². The van der Waals surface area contributed by atoms with Crippen LogP contribution in [0.15, 0.2) is 60.7 Å². The summed E-state index contributed by atoms with van der Waals surface area (Å²) in [6.45, 7) is 2.10. The number of rotatable bonds is 3. The molecule has 120 valence electrons. The third-order valence-corrected chi connectivity index (χ3v) is 4.50. The van der Waals surface area contributed by atoms with Crippen LogP contribution in [0.1, 0.15) is 19.3 Å². The van der Waals surface area contributed by atoms with Crippen molar-refractivity contribution in [2.24, 2.45) is 0 Å². The highest BCUT2D eigenvalue weighted by Crippen LogP contribution is 2.37. The lowest BCUT2D eigenvalue weighted by molar-refractivity contribution is 0.576. The van der Waals surface area contributed by atoms with E-state index >= 15 is 0 Å².